The largest absolute Gasteiger partial charge is 0.425 e. The highest BCUT2D eigenvalue weighted by molar-refractivity contribution is 6.42. The van der Waals surface area contributed by atoms with Crippen LogP contribution >= 0.6 is 11.6 Å². The second-order valence-corrected chi connectivity index (χ2v) is 5.47. The van der Waals surface area contributed by atoms with Crippen LogP contribution in [0, 0.1) is 13.8 Å². The van der Waals surface area contributed by atoms with Crippen molar-refractivity contribution in [3.63, 3.8) is 0 Å². The molecule has 0 spiro atoms. The van der Waals surface area contributed by atoms with Crippen LogP contribution in [0.15, 0.2) is 28.9 Å². The summed E-state index contributed by atoms with van der Waals surface area (Å²) in [6.45, 7) is 7.72. The number of aryl methyl sites for hydroxylation is 2. The maximum absolute atomic E-state index is 11.6. The molecule has 0 aliphatic carbocycles. The quantitative estimate of drug-likeness (QED) is 0.864. The van der Waals surface area contributed by atoms with Crippen molar-refractivity contribution >= 4 is 23.3 Å². The predicted octanol–water partition coefficient (Wildman–Crippen LogP) is 3.47. The lowest BCUT2D eigenvalue weighted by atomic mass is 10.1. The summed E-state index contributed by atoms with van der Waals surface area (Å²) >= 11 is 6.01. The second kappa shape index (κ2) is 5.85. The Morgan fingerprint density at radius 3 is 2.70 bits per heavy atom. The molecule has 108 valence electrons. The van der Waals surface area contributed by atoms with E-state index < -0.39 is 12.3 Å². The zero-order chi connectivity index (χ0) is 14.9. The lowest BCUT2D eigenvalue weighted by molar-refractivity contribution is -0.165. The van der Waals surface area contributed by atoms with E-state index in [-0.39, 0.29) is 11.1 Å². The van der Waals surface area contributed by atoms with E-state index in [2.05, 4.69) is 5.32 Å². The van der Waals surface area contributed by atoms with Gasteiger partial charge >= 0.3 is 5.97 Å². The van der Waals surface area contributed by atoms with Crippen LogP contribution in [0.1, 0.15) is 25.0 Å². The zero-order valence-electron chi connectivity index (χ0n) is 12.0. The SMILES string of the molecule is Cc1ccc(C)c(NC2=C(Cl)C(=O)O[C@H]2OC(C)C)c1. The molecule has 0 saturated heterocycles. The first-order valence-electron chi connectivity index (χ1n) is 6.49. The smallest absolute Gasteiger partial charge is 0.354 e. The normalized spacial score (nSPS) is 18.7. The molecule has 0 saturated carbocycles. The minimum absolute atomic E-state index is 0.0385. The van der Waals surface area contributed by atoms with Crippen LogP contribution in [0.25, 0.3) is 0 Å². The Morgan fingerprint density at radius 1 is 1.35 bits per heavy atom. The fourth-order valence-electron chi connectivity index (χ4n) is 1.89. The number of hydrogen-bond donors (Lipinski definition) is 1. The average Bonchev–Trinajstić information content (AvgIpc) is 2.61. The number of nitrogens with one attached hydrogen (secondary N) is 1. The number of esters is 1. The Balaban J connectivity index is 2.29. The van der Waals surface area contributed by atoms with Gasteiger partial charge in [0, 0.05) is 5.69 Å². The van der Waals surface area contributed by atoms with E-state index in [0.717, 1.165) is 16.8 Å². The second-order valence-electron chi connectivity index (χ2n) is 5.09. The molecule has 1 aliphatic rings. The Bertz CT molecular complexity index is 566. The van der Waals surface area contributed by atoms with Crippen molar-refractivity contribution in [1.82, 2.24) is 0 Å². The van der Waals surface area contributed by atoms with Gasteiger partial charge in [-0.25, -0.2) is 4.79 Å². The van der Waals surface area contributed by atoms with Gasteiger partial charge in [0.2, 0.25) is 6.29 Å². The number of rotatable bonds is 4. The van der Waals surface area contributed by atoms with Gasteiger partial charge in [-0.3, -0.25) is 0 Å². The molecule has 1 heterocycles. The van der Waals surface area contributed by atoms with Gasteiger partial charge in [0.15, 0.2) is 5.03 Å². The molecule has 0 aromatic heterocycles. The van der Waals surface area contributed by atoms with Crippen LogP contribution in [0.2, 0.25) is 0 Å². The van der Waals surface area contributed by atoms with Crippen LogP contribution < -0.4 is 5.32 Å². The number of cyclic esters (lactones) is 1. The molecule has 5 heteroatoms. The minimum Gasteiger partial charge on any atom is -0.425 e. The molecule has 2 rings (SSSR count). The average molecular weight is 296 g/mol. The highest BCUT2D eigenvalue weighted by Gasteiger charge is 2.35. The number of hydrogen-bond acceptors (Lipinski definition) is 4. The maximum Gasteiger partial charge on any atom is 0.354 e. The van der Waals surface area contributed by atoms with Gasteiger partial charge in [-0.05, 0) is 44.9 Å². The van der Waals surface area contributed by atoms with Crippen molar-refractivity contribution < 1.29 is 14.3 Å². The summed E-state index contributed by atoms with van der Waals surface area (Å²) in [5.41, 5.74) is 3.50. The van der Waals surface area contributed by atoms with Gasteiger partial charge in [0.05, 0.1) is 6.10 Å². The molecule has 1 atom stereocenters. The van der Waals surface area contributed by atoms with Gasteiger partial charge in [-0.15, -0.1) is 0 Å². The highest BCUT2D eigenvalue weighted by atomic mass is 35.5. The van der Waals surface area contributed by atoms with Gasteiger partial charge in [-0.1, -0.05) is 23.7 Å². The number of anilines is 1. The van der Waals surface area contributed by atoms with Crippen molar-refractivity contribution in [2.45, 2.75) is 40.1 Å². The summed E-state index contributed by atoms with van der Waals surface area (Å²) in [6.07, 6.45) is -0.860. The highest BCUT2D eigenvalue weighted by Crippen LogP contribution is 2.30. The predicted molar refractivity (Wildman–Crippen MR) is 78.5 cm³/mol. The molecule has 0 amide bonds. The Labute approximate surface area is 123 Å². The summed E-state index contributed by atoms with van der Waals surface area (Å²) < 4.78 is 10.7. The monoisotopic (exact) mass is 295 g/mol. The summed E-state index contributed by atoms with van der Waals surface area (Å²) in [7, 11) is 0. The minimum atomic E-state index is -0.782. The van der Waals surface area contributed by atoms with Gasteiger partial charge in [0.25, 0.3) is 0 Å². The van der Waals surface area contributed by atoms with E-state index >= 15 is 0 Å². The fourth-order valence-corrected chi connectivity index (χ4v) is 2.07. The van der Waals surface area contributed by atoms with E-state index in [1.807, 2.05) is 45.9 Å². The van der Waals surface area contributed by atoms with E-state index in [0.29, 0.717) is 5.70 Å². The third-order valence-electron chi connectivity index (χ3n) is 2.92. The Kier molecular flexibility index (Phi) is 4.35. The fraction of sp³-hybridized carbons (Fsp3) is 0.400. The van der Waals surface area contributed by atoms with Crippen molar-refractivity contribution in [3.8, 4) is 0 Å². The first-order valence-corrected chi connectivity index (χ1v) is 6.86. The summed E-state index contributed by atoms with van der Waals surface area (Å²) in [6, 6.07) is 6.01. The van der Waals surface area contributed by atoms with Gasteiger partial charge in [-0.2, -0.15) is 0 Å². The number of ether oxygens (including phenoxy) is 2. The standard InChI is InChI=1S/C15H18ClNO3/c1-8(2)19-15-13(12(16)14(18)20-15)17-11-7-9(3)5-6-10(11)4/h5-8,15,17H,1-4H3/t15-/m1/s1. The molecule has 0 unspecified atom stereocenters. The van der Waals surface area contributed by atoms with Crippen LogP contribution in [0.3, 0.4) is 0 Å². The molecule has 1 aromatic carbocycles. The van der Waals surface area contributed by atoms with Gasteiger partial charge in [0.1, 0.15) is 5.70 Å². The number of benzene rings is 1. The lowest BCUT2D eigenvalue weighted by Crippen LogP contribution is -2.24. The molecule has 4 nitrogen and oxygen atoms in total. The first kappa shape index (κ1) is 14.9. The van der Waals surface area contributed by atoms with Gasteiger partial charge < -0.3 is 14.8 Å². The van der Waals surface area contributed by atoms with Crippen LogP contribution in [-0.2, 0) is 14.3 Å². The number of carbonyl (C=O) groups excluding carboxylic acids is 1. The Morgan fingerprint density at radius 2 is 2.05 bits per heavy atom. The van der Waals surface area contributed by atoms with Crippen molar-refractivity contribution in [2.75, 3.05) is 5.32 Å². The van der Waals surface area contributed by atoms with Crippen LogP contribution in [0.5, 0.6) is 0 Å². The lowest BCUT2D eigenvalue weighted by Gasteiger charge is -2.19. The number of carbonyl (C=O) groups is 1. The van der Waals surface area contributed by atoms with Crippen molar-refractivity contribution in [2.24, 2.45) is 0 Å². The van der Waals surface area contributed by atoms with E-state index in [4.69, 9.17) is 21.1 Å². The summed E-state index contributed by atoms with van der Waals surface area (Å²) in [5.74, 6) is -0.565. The molecule has 0 radical (unpaired) electrons. The topological polar surface area (TPSA) is 47.6 Å². The molecular weight excluding hydrogens is 278 g/mol. The van der Waals surface area contributed by atoms with Crippen LogP contribution in [-0.4, -0.2) is 18.4 Å². The molecule has 1 aromatic rings. The van der Waals surface area contributed by atoms with Crippen molar-refractivity contribution in [1.29, 1.82) is 0 Å². The Hall–Kier alpha value is -1.52. The molecule has 1 N–H and O–H groups in total. The van der Waals surface area contributed by atoms with Crippen molar-refractivity contribution in [3.05, 3.63) is 40.1 Å². The van der Waals surface area contributed by atoms with E-state index in [9.17, 15) is 4.79 Å². The number of halogens is 1. The third kappa shape index (κ3) is 3.14. The van der Waals surface area contributed by atoms with Crippen LogP contribution in [0.4, 0.5) is 5.69 Å². The third-order valence-corrected chi connectivity index (χ3v) is 3.28. The summed E-state index contributed by atoms with van der Waals surface area (Å²) in [4.78, 5) is 11.6. The zero-order valence-corrected chi connectivity index (χ0v) is 12.7. The van der Waals surface area contributed by atoms with E-state index in [1.54, 1.807) is 0 Å². The molecule has 0 fully saturated rings. The van der Waals surface area contributed by atoms with E-state index in [1.165, 1.54) is 0 Å². The molecule has 20 heavy (non-hydrogen) atoms. The first-order chi connectivity index (χ1) is 9.38. The maximum atomic E-state index is 11.6. The molecule has 0 bridgehead atoms. The molecule has 1 aliphatic heterocycles. The summed E-state index contributed by atoms with van der Waals surface area (Å²) in [5, 5.41) is 3.20. The molecular formula is C15H18ClNO3.